The third-order valence-electron chi connectivity index (χ3n) is 4.80. The average Bonchev–Trinajstić information content (AvgIpc) is 3.51. The van der Waals surface area contributed by atoms with E-state index in [1.807, 2.05) is 7.05 Å². The second-order valence-corrected chi connectivity index (χ2v) is 7.02. The first-order chi connectivity index (χ1) is 13.2. The fourth-order valence-electron chi connectivity index (χ4n) is 3.08. The van der Waals surface area contributed by atoms with Gasteiger partial charge in [0.2, 0.25) is 0 Å². The first-order valence-electron chi connectivity index (χ1n) is 10.1. The molecule has 0 unspecified atom stereocenters. The minimum absolute atomic E-state index is 0. The van der Waals surface area contributed by atoms with Crippen molar-refractivity contribution in [1.29, 1.82) is 0 Å². The topological polar surface area (TPSA) is 58.1 Å². The van der Waals surface area contributed by atoms with Crippen LogP contribution in [0.2, 0.25) is 0 Å². The van der Waals surface area contributed by atoms with Gasteiger partial charge in [-0.15, -0.1) is 24.0 Å². The maximum absolute atomic E-state index is 5.96. The van der Waals surface area contributed by atoms with Gasteiger partial charge in [-0.25, -0.2) is 0 Å². The first-order valence-corrected chi connectivity index (χ1v) is 10.1. The SMILES string of the molecule is CCN(CCNC(=NC)NCc1ccc(C)cc1OCCCOC)C1CC1.I. The second-order valence-electron chi connectivity index (χ2n) is 7.02. The summed E-state index contributed by atoms with van der Waals surface area (Å²) in [4.78, 5) is 6.87. The summed E-state index contributed by atoms with van der Waals surface area (Å²) in [7, 11) is 3.52. The Balaban J connectivity index is 0.00000392. The summed E-state index contributed by atoms with van der Waals surface area (Å²) >= 11 is 0. The third kappa shape index (κ3) is 8.96. The number of ether oxygens (including phenoxy) is 2. The van der Waals surface area contributed by atoms with E-state index in [-0.39, 0.29) is 24.0 Å². The zero-order chi connectivity index (χ0) is 19.5. The van der Waals surface area contributed by atoms with Crippen LogP contribution in [-0.2, 0) is 11.3 Å². The minimum atomic E-state index is 0. The zero-order valence-electron chi connectivity index (χ0n) is 17.8. The molecule has 0 bridgehead atoms. The third-order valence-corrected chi connectivity index (χ3v) is 4.80. The summed E-state index contributed by atoms with van der Waals surface area (Å²) in [5.74, 6) is 1.76. The van der Waals surface area contributed by atoms with Crippen LogP contribution in [0.5, 0.6) is 5.75 Å². The van der Waals surface area contributed by atoms with Crippen LogP contribution in [0.25, 0.3) is 0 Å². The number of halogens is 1. The molecular formula is C21H37IN4O2. The van der Waals surface area contributed by atoms with Crippen molar-refractivity contribution in [2.75, 3.05) is 47.0 Å². The number of aliphatic imine (C=N–C) groups is 1. The lowest BCUT2D eigenvalue weighted by molar-refractivity contribution is 0.171. The maximum Gasteiger partial charge on any atom is 0.191 e. The molecule has 1 fully saturated rings. The van der Waals surface area contributed by atoms with Crippen LogP contribution in [0.4, 0.5) is 0 Å². The Labute approximate surface area is 187 Å². The predicted octanol–water partition coefficient (Wildman–Crippen LogP) is 3.18. The molecule has 1 aromatic carbocycles. The number of nitrogens with zero attached hydrogens (tertiary/aromatic N) is 2. The van der Waals surface area contributed by atoms with E-state index in [2.05, 4.69) is 52.6 Å². The van der Waals surface area contributed by atoms with Crippen LogP contribution in [0.15, 0.2) is 23.2 Å². The van der Waals surface area contributed by atoms with E-state index >= 15 is 0 Å². The Morgan fingerprint density at radius 3 is 2.68 bits per heavy atom. The Morgan fingerprint density at radius 1 is 1.25 bits per heavy atom. The maximum atomic E-state index is 5.96. The van der Waals surface area contributed by atoms with Gasteiger partial charge in [0.25, 0.3) is 0 Å². The van der Waals surface area contributed by atoms with Gasteiger partial charge in [-0.1, -0.05) is 19.1 Å². The summed E-state index contributed by atoms with van der Waals surface area (Å²) < 4.78 is 11.0. The van der Waals surface area contributed by atoms with Crippen molar-refractivity contribution in [2.45, 2.75) is 45.7 Å². The molecule has 160 valence electrons. The van der Waals surface area contributed by atoms with Crippen molar-refractivity contribution in [3.63, 3.8) is 0 Å². The number of nitrogens with one attached hydrogen (secondary N) is 2. The molecular weight excluding hydrogens is 467 g/mol. The summed E-state index contributed by atoms with van der Waals surface area (Å²) in [5, 5.41) is 6.82. The van der Waals surface area contributed by atoms with E-state index in [0.717, 1.165) is 49.4 Å². The Kier molecular flexibility index (Phi) is 12.5. The van der Waals surface area contributed by atoms with E-state index in [4.69, 9.17) is 9.47 Å². The lowest BCUT2D eigenvalue weighted by Crippen LogP contribution is -2.41. The molecule has 1 saturated carbocycles. The number of likely N-dealkylation sites (N-methyl/N-ethyl adjacent to an activating group) is 1. The van der Waals surface area contributed by atoms with E-state index in [0.29, 0.717) is 19.8 Å². The molecule has 6 nitrogen and oxygen atoms in total. The normalized spacial score (nSPS) is 14.0. The van der Waals surface area contributed by atoms with Crippen LogP contribution in [0.3, 0.4) is 0 Å². The molecule has 1 aliphatic carbocycles. The highest BCUT2D eigenvalue weighted by atomic mass is 127. The van der Waals surface area contributed by atoms with Crippen LogP contribution in [0, 0.1) is 6.92 Å². The molecule has 1 aliphatic rings. The monoisotopic (exact) mass is 504 g/mol. The van der Waals surface area contributed by atoms with Gasteiger partial charge in [0.15, 0.2) is 5.96 Å². The smallest absolute Gasteiger partial charge is 0.191 e. The van der Waals surface area contributed by atoms with Gasteiger partial charge in [0.05, 0.1) is 6.61 Å². The number of aryl methyl sites for hydroxylation is 1. The molecule has 0 aromatic heterocycles. The van der Waals surface area contributed by atoms with Crippen LogP contribution < -0.4 is 15.4 Å². The summed E-state index contributed by atoms with van der Waals surface area (Å²) in [6.45, 7) is 9.44. The van der Waals surface area contributed by atoms with Crippen LogP contribution >= 0.6 is 24.0 Å². The fraction of sp³-hybridized carbons (Fsp3) is 0.667. The standard InChI is InChI=1S/C21H36N4O2.HI/c1-5-25(19-9-10-19)12-11-23-21(22-3)24-16-18-8-7-17(2)15-20(18)27-14-6-13-26-4;/h7-8,15,19H,5-6,9-14,16H2,1-4H3,(H2,22,23,24);1H. The quantitative estimate of drug-likeness (QED) is 0.198. The number of hydrogen-bond acceptors (Lipinski definition) is 4. The molecule has 0 aliphatic heterocycles. The molecule has 0 saturated heterocycles. The molecule has 0 spiro atoms. The van der Waals surface area contributed by atoms with E-state index < -0.39 is 0 Å². The van der Waals surface area contributed by atoms with Gasteiger partial charge >= 0.3 is 0 Å². The lowest BCUT2D eigenvalue weighted by atomic mass is 10.1. The Morgan fingerprint density at radius 2 is 2.04 bits per heavy atom. The second kappa shape index (κ2) is 14.0. The molecule has 7 heteroatoms. The highest BCUT2D eigenvalue weighted by Crippen LogP contribution is 2.25. The molecule has 28 heavy (non-hydrogen) atoms. The van der Waals surface area contributed by atoms with Gasteiger partial charge in [0.1, 0.15) is 5.75 Å². The molecule has 0 amide bonds. The van der Waals surface area contributed by atoms with Gasteiger partial charge < -0.3 is 20.1 Å². The average molecular weight is 504 g/mol. The van der Waals surface area contributed by atoms with Gasteiger partial charge in [-0.2, -0.15) is 0 Å². The lowest BCUT2D eigenvalue weighted by Gasteiger charge is -2.21. The first kappa shape index (κ1) is 25.0. The molecule has 0 atom stereocenters. The number of benzene rings is 1. The van der Waals surface area contributed by atoms with E-state index in [9.17, 15) is 0 Å². The summed E-state index contributed by atoms with van der Waals surface area (Å²) in [6.07, 6.45) is 3.58. The van der Waals surface area contributed by atoms with E-state index in [1.54, 1.807) is 7.11 Å². The Bertz CT molecular complexity index is 594. The highest BCUT2D eigenvalue weighted by molar-refractivity contribution is 14.0. The molecule has 0 radical (unpaired) electrons. The van der Waals surface area contributed by atoms with Gasteiger partial charge in [0, 0.05) is 58.4 Å². The number of methoxy groups -OCH3 is 1. The number of rotatable bonds is 12. The van der Waals surface area contributed by atoms with Crippen molar-refractivity contribution in [2.24, 2.45) is 4.99 Å². The van der Waals surface area contributed by atoms with Crippen LogP contribution in [-0.4, -0.2) is 63.9 Å². The largest absolute Gasteiger partial charge is 0.493 e. The molecule has 2 rings (SSSR count). The molecule has 0 heterocycles. The summed E-state index contributed by atoms with van der Waals surface area (Å²) in [5.41, 5.74) is 2.33. The predicted molar refractivity (Wildman–Crippen MR) is 127 cm³/mol. The van der Waals surface area contributed by atoms with Crippen molar-refractivity contribution < 1.29 is 9.47 Å². The fourth-order valence-corrected chi connectivity index (χ4v) is 3.08. The zero-order valence-corrected chi connectivity index (χ0v) is 20.1. The van der Waals surface area contributed by atoms with Crippen molar-refractivity contribution in [3.8, 4) is 5.75 Å². The number of guanidine groups is 1. The van der Waals surface area contributed by atoms with Crippen LogP contribution in [0.1, 0.15) is 37.3 Å². The van der Waals surface area contributed by atoms with Gasteiger partial charge in [-0.3, -0.25) is 9.89 Å². The van der Waals surface area contributed by atoms with E-state index in [1.165, 1.54) is 18.4 Å². The highest BCUT2D eigenvalue weighted by Gasteiger charge is 2.27. The van der Waals surface area contributed by atoms with Crippen molar-refractivity contribution in [3.05, 3.63) is 29.3 Å². The Hall–Kier alpha value is -1.06. The van der Waals surface area contributed by atoms with Crippen molar-refractivity contribution in [1.82, 2.24) is 15.5 Å². The molecule has 1 aromatic rings. The van der Waals surface area contributed by atoms with Gasteiger partial charge in [-0.05, 0) is 37.9 Å². The van der Waals surface area contributed by atoms with Crippen molar-refractivity contribution >= 4 is 29.9 Å². The minimum Gasteiger partial charge on any atom is -0.493 e. The summed E-state index contributed by atoms with van der Waals surface area (Å²) in [6, 6.07) is 7.13. The molecule has 2 N–H and O–H groups in total. The number of hydrogen-bond donors (Lipinski definition) is 2.